The van der Waals surface area contributed by atoms with Gasteiger partial charge in [-0.15, -0.1) is 0 Å². The average Bonchev–Trinajstić information content (AvgIpc) is 3.15. The molecule has 0 saturated heterocycles. The van der Waals surface area contributed by atoms with Crippen LogP contribution in [0.15, 0.2) is 35.5 Å². The van der Waals surface area contributed by atoms with Crippen LogP contribution < -0.4 is 10.0 Å². The minimum absolute atomic E-state index is 0.118. The van der Waals surface area contributed by atoms with Crippen molar-refractivity contribution in [3.05, 3.63) is 42.0 Å². The zero-order chi connectivity index (χ0) is 18.5. The normalized spacial score (nSPS) is 21.2. The van der Waals surface area contributed by atoms with E-state index in [1.807, 2.05) is 6.20 Å². The van der Waals surface area contributed by atoms with Crippen LogP contribution in [-0.4, -0.2) is 30.4 Å². The highest BCUT2D eigenvalue weighted by atomic mass is 32.2. The topological polar surface area (TPSA) is 93.1 Å². The number of imidazole rings is 1. The highest BCUT2D eigenvalue weighted by Gasteiger charge is 2.39. The third-order valence-electron chi connectivity index (χ3n) is 5.40. The number of carbonyl (C=O) groups is 1. The number of carbonyl (C=O) groups excluding carboxylic acids is 1. The summed E-state index contributed by atoms with van der Waals surface area (Å²) >= 11 is 0. The van der Waals surface area contributed by atoms with Crippen LogP contribution >= 0.6 is 0 Å². The maximum absolute atomic E-state index is 12.7. The van der Waals surface area contributed by atoms with Crippen molar-refractivity contribution in [1.29, 1.82) is 0 Å². The summed E-state index contributed by atoms with van der Waals surface area (Å²) in [5.41, 5.74) is 0.657. The Kier molecular flexibility index (Phi) is 3.92. The van der Waals surface area contributed by atoms with Gasteiger partial charge in [-0.3, -0.25) is 4.79 Å². The van der Waals surface area contributed by atoms with Gasteiger partial charge in [-0.05, 0) is 49.9 Å². The van der Waals surface area contributed by atoms with Crippen molar-refractivity contribution >= 4 is 21.6 Å². The zero-order valence-corrected chi connectivity index (χ0v) is 15.6. The van der Waals surface area contributed by atoms with E-state index in [9.17, 15) is 13.2 Å². The van der Waals surface area contributed by atoms with E-state index in [1.165, 1.54) is 6.07 Å². The third kappa shape index (κ3) is 2.83. The summed E-state index contributed by atoms with van der Waals surface area (Å²) in [7, 11) is -3.63. The maximum Gasteiger partial charge on any atom is 0.240 e. The molecule has 2 aromatic rings. The standard InChI is InChI=1S/C18H22N4O3S/c1-18(2)14-10-13(3-4-15(14)21-17(18)23)26(24,25)20-11-12-5-7-22-8-6-19-16(22)9-12/h3-4,6,8,10,12,20H,5,7,9,11H2,1-2H3,(H,21,23)/t12-/m1/s1. The molecule has 0 aliphatic carbocycles. The largest absolute Gasteiger partial charge is 0.335 e. The van der Waals surface area contributed by atoms with Gasteiger partial charge in [-0.2, -0.15) is 0 Å². The molecule has 2 aliphatic heterocycles. The molecule has 0 bridgehead atoms. The van der Waals surface area contributed by atoms with Crippen molar-refractivity contribution in [2.75, 3.05) is 11.9 Å². The van der Waals surface area contributed by atoms with Gasteiger partial charge in [-0.1, -0.05) is 0 Å². The van der Waals surface area contributed by atoms with Crippen LogP contribution in [0.3, 0.4) is 0 Å². The molecule has 4 rings (SSSR count). The number of amides is 1. The van der Waals surface area contributed by atoms with Crippen LogP contribution in [0.4, 0.5) is 5.69 Å². The lowest BCUT2D eigenvalue weighted by Crippen LogP contribution is -2.33. The zero-order valence-electron chi connectivity index (χ0n) is 14.8. The molecule has 1 atom stereocenters. The van der Waals surface area contributed by atoms with E-state index in [0.29, 0.717) is 17.8 Å². The molecule has 7 nitrogen and oxygen atoms in total. The number of fused-ring (bicyclic) bond motifs is 2. The molecule has 2 aliphatic rings. The van der Waals surface area contributed by atoms with E-state index in [1.54, 1.807) is 32.2 Å². The quantitative estimate of drug-likeness (QED) is 0.851. The Morgan fingerprint density at radius 3 is 3.00 bits per heavy atom. The number of nitrogens with zero attached hydrogens (tertiary/aromatic N) is 2. The Morgan fingerprint density at radius 1 is 1.38 bits per heavy atom. The number of anilines is 1. The van der Waals surface area contributed by atoms with Gasteiger partial charge >= 0.3 is 0 Å². The van der Waals surface area contributed by atoms with Gasteiger partial charge in [0.25, 0.3) is 0 Å². The highest BCUT2D eigenvalue weighted by Crippen LogP contribution is 2.38. The molecule has 8 heteroatoms. The summed E-state index contributed by atoms with van der Waals surface area (Å²) in [4.78, 5) is 16.6. The maximum atomic E-state index is 12.7. The van der Waals surface area contributed by atoms with Crippen LogP contribution in [0, 0.1) is 5.92 Å². The Hall–Kier alpha value is -2.19. The van der Waals surface area contributed by atoms with E-state index >= 15 is 0 Å². The highest BCUT2D eigenvalue weighted by molar-refractivity contribution is 7.89. The van der Waals surface area contributed by atoms with Crippen molar-refractivity contribution in [1.82, 2.24) is 14.3 Å². The summed E-state index contributed by atoms with van der Waals surface area (Å²) in [5, 5.41) is 2.79. The molecule has 138 valence electrons. The molecule has 0 unspecified atom stereocenters. The third-order valence-corrected chi connectivity index (χ3v) is 6.83. The second kappa shape index (κ2) is 5.92. The van der Waals surface area contributed by atoms with Crippen molar-refractivity contribution < 1.29 is 13.2 Å². The minimum atomic E-state index is -3.63. The smallest absolute Gasteiger partial charge is 0.240 e. The fourth-order valence-electron chi connectivity index (χ4n) is 3.62. The van der Waals surface area contributed by atoms with Gasteiger partial charge in [0.15, 0.2) is 0 Å². The number of aryl methyl sites for hydroxylation is 1. The van der Waals surface area contributed by atoms with Crippen molar-refractivity contribution in [2.45, 2.75) is 43.5 Å². The first-order valence-corrected chi connectivity index (χ1v) is 10.2. The molecule has 1 aromatic heterocycles. The molecule has 1 aromatic carbocycles. The lowest BCUT2D eigenvalue weighted by molar-refractivity contribution is -0.119. The number of sulfonamides is 1. The molecule has 3 heterocycles. The average molecular weight is 374 g/mol. The summed E-state index contributed by atoms with van der Waals surface area (Å²) < 4.78 is 30.3. The molecule has 0 radical (unpaired) electrons. The molecule has 0 saturated carbocycles. The van der Waals surface area contributed by atoms with E-state index < -0.39 is 15.4 Å². The Bertz CT molecular complexity index is 978. The number of benzene rings is 1. The number of hydrogen-bond donors (Lipinski definition) is 2. The van der Waals surface area contributed by atoms with Gasteiger partial charge in [0.2, 0.25) is 15.9 Å². The van der Waals surface area contributed by atoms with Gasteiger partial charge in [-0.25, -0.2) is 18.1 Å². The first-order chi connectivity index (χ1) is 12.3. The Balaban J connectivity index is 1.50. The van der Waals surface area contributed by atoms with E-state index in [0.717, 1.165) is 25.2 Å². The van der Waals surface area contributed by atoms with Gasteiger partial charge in [0, 0.05) is 37.6 Å². The number of aromatic nitrogens is 2. The molecular weight excluding hydrogens is 352 g/mol. The number of nitrogens with one attached hydrogen (secondary N) is 2. The van der Waals surface area contributed by atoms with Crippen LogP contribution in [0.5, 0.6) is 0 Å². The van der Waals surface area contributed by atoms with Crippen LogP contribution in [0.1, 0.15) is 31.7 Å². The van der Waals surface area contributed by atoms with Gasteiger partial charge in [0.05, 0.1) is 10.3 Å². The second-order valence-electron chi connectivity index (χ2n) is 7.53. The fraction of sp³-hybridized carbons (Fsp3) is 0.444. The molecule has 1 amide bonds. The number of hydrogen-bond acceptors (Lipinski definition) is 4. The lowest BCUT2D eigenvalue weighted by Gasteiger charge is -2.23. The first-order valence-electron chi connectivity index (χ1n) is 8.73. The molecule has 0 fully saturated rings. The Labute approximate surface area is 152 Å². The van der Waals surface area contributed by atoms with Crippen molar-refractivity contribution in [2.24, 2.45) is 5.92 Å². The van der Waals surface area contributed by atoms with Crippen LogP contribution in [0.25, 0.3) is 0 Å². The SMILES string of the molecule is CC1(C)C(=O)Nc2ccc(S(=O)(=O)NC[C@@H]3CCn4ccnc4C3)cc21. The molecular formula is C18H22N4O3S. The summed E-state index contributed by atoms with van der Waals surface area (Å²) in [6.45, 7) is 4.83. The summed E-state index contributed by atoms with van der Waals surface area (Å²) in [6, 6.07) is 4.80. The van der Waals surface area contributed by atoms with E-state index in [-0.39, 0.29) is 16.7 Å². The lowest BCUT2D eigenvalue weighted by atomic mass is 9.86. The van der Waals surface area contributed by atoms with Crippen molar-refractivity contribution in [3.63, 3.8) is 0 Å². The van der Waals surface area contributed by atoms with Crippen LogP contribution in [-0.2, 0) is 33.2 Å². The summed E-state index contributed by atoms with van der Waals surface area (Å²) in [6.07, 6.45) is 5.42. The summed E-state index contributed by atoms with van der Waals surface area (Å²) in [5.74, 6) is 1.12. The number of rotatable bonds is 4. The molecule has 0 spiro atoms. The van der Waals surface area contributed by atoms with Crippen LogP contribution in [0.2, 0.25) is 0 Å². The van der Waals surface area contributed by atoms with Crippen molar-refractivity contribution in [3.8, 4) is 0 Å². The van der Waals surface area contributed by atoms with Gasteiger partial charge in [0.1, 0.15) is 5.82 Å². The van der Waals surface area contributed by atoms with E-state index in [4.69, 9.17) is 0 Å². The van der Waals surface area contributed by atoms with Gasteiger partial charge < -0.3 is 9.88 Å². The predicted molar refractivity (Wildman–Crippen MR) is 97.3 cm³/mol. The second-order valence-corrected chi connectivity index (χ2v) is 9.30. The Morgan fingerprint density at radius 2 is 2.19 bits per heavy atom. The monoisotopic (exact) mass is 374 g/mol. The molecule has 2 N–H and O–H groups in total. The van der Waals surface area contributed by atoms with E-state index in [2.05, 4.69) is 19.6 Å². The predicted octanol–water partition coefficient (Wildman–Crippen LogP) is 1.65. The fourth-order valence-corrected chi connectivity index (χ4v) is 4.76. The minimum Gasteiger partial charge on any atom is -0.335 e. The first kappa shape index (κ1) is 17.2. The molecule has 26 heavy (non-hydrogen) atoms.